The van der Waals surface area contributed by atoms with E-state index in [1.54, 1.807) is 0 Å². The molecule has 1 unspecified atom stereocenters. The summed E-state index contributed by atoms with van der Waals surface area (Å²) in [6, 6.07) is 0.142. The molecule has 6 heteroatoms. The van der Waals surface area contributed by atoms with Gasteiger partial charge in [-0.05, 0) is 38.5 Å². The molecule has 2 rings (SSSR count). The van der Waals surface area contributed by atoms with Crippen LogP contribution < -0.4 is 11.1 Å². The van der Waals surface area contributed by atoms with Gasteiger partial charge in [-0.1, -0.05) is 13.8 Å². The van der Waals surface area contributed by atoms with E-state index in [1.807, 2.05) is 18.5 Å². The Morgan fingerprint density at radius 1 is 1.41 bits per heavy atom. The van der Waals surface area contributed by atoms with E-state index < -0.39 is 0 Å². The molecule has 0 radical (unpaired) electrons. The van der Waals surface area contributed by atoms with Crippen LogP contribution in [-0.2, 0) is 17.8 Å². The quantitative estimate of drug-likeness (QED) is 0.803. The average Bonchev–Trinajstić information content (AvgIpc) is 3.20. The Bertz CT molecular complexity index is 508. The molecule has 22 heavy (non-hydrogen) atoms. The highest BCUT2D eigenvalue weighted by molar-refractivity contribution is 5.85. The predicted octanol–water partition coefficient (Wildman–Crippen LogP) is 1.97. The van der Waals surface area contributed by atoms with Crippen LogP contribution in [0.25, 0.3) is 0 Å². The van der Waals surface area contributed by atoms with Crippen LogP contribution in [0.3, 0.4) is 0 Å². The minimum absolute atomic E-state index is 0. The van der Waals surface area contributed by atoms with Gasteiger partial charge in [-0.25, -0.2) is 0 Å². The molecule has 1 aromatic rings. The average molecular weight is 329 g/mol. The number of carbonyl (C=O) groups excluding carboxylic acids is 1. The van der Waals surface area contributed by atoms with Gasteiger partial charge in [0.15, 0.2) is 0 Å². The van der Waals surface area contributed by atoms with Gasteiger partial charge < -0.3 is 11.1 Å². The number of aryl methyl sites for hydroxylation is 1. The smallest absolute Gasteiger partial charge is 0.224 e. The number of halogens is 1. The van der Waals surface area contributed by atoms with Crippen LogP contribution in [0.1, 0.15) is 43.6 Å². The lowest BCUT2D eigenvalue weighted by atomic mass is 10.1. The first-order chi connectivity index (χ1) is 9.92. The number of rotatable bonds is 7. The molecule has 1 fully saturated rings. The van der Waals surface area contributed by atoms with Crippen LogP contribution >= 0.6 is 12.4 Å². The van der Waals surface area contributed by atoms with Gasteiger partial charge >= 0.3 is 0 Å². The first-order valence-corrected chi connectivity index (χ1v) is 7.94. The zero-order valence-electron chi connectivity index (χ0n) is 14.1. The molecule has 5 nitrogen and oxygen atoms in total. The molecular weight excluding hydrogens is 300 g/mol. The fourth-order valence-corrected chi connectivity index (χ4v) is 2.80. The van der Waals surface area contributed by atoms with E-state index in [-0.39, 0.29) is 24.4 Å². The van der Waals surface area contributed by atoms with Gasteiger partial charge in [0.05, 0.1) is 12.1 Å². The zero-order valence-corrected chi connectivity index (χ0v) is 14.9. The fourth-order valence-electron chi connectivity index (χ4n) is 2.80. The Hall–Kier alpha value is -1.07. The zero-order chi connectivity index (χ0) is 15.6. The third-order valence-electron chi connectivity index (χ3n) is 4.20. The normalized spacial score (nSPS) is 15.5. The van der Waals surface area contributed by atoms with E-state index in [9.17, 15) is 4.79 Å². The number of amides is 1. The van der Waals surface area contributed by atoms with Crippen molar-refractivity contribution in [2.75, 3.05) is 6.54 Å². The minimum atomic E-state index is 0. The second-order valence-corrected chi connectivity index (χ2v) is 6.65. The lowest BCUT2D eigenvalue weighted by Gasteiger charge is -2.16. The maximum Gasteiger partial charge on any atom is 0.224 e. The molecule has 1 aromatic heterocycles. The van der Waals surface area contributed by atoms with Crippen molar-refractivity contribution in [1.82, 2.24) is 15.1 Å². The summed E-state index contributed by atoms with van der Waals surface area (Å²) < 4.78 is 2.02. The fraction of sp³-hybridized carbons (Fsp3) is 0.750. The van der Waals surface area contributed by atoms with Gasteiger partial charge in [-0.15, -0.1) is 12.4 Å². The minimum Gasteiger partial charge on any atom is -0.352 e. The molecule has 126 valence electrons. The van der Waals surface area contributed by atoms with Gasteiger partial charge in [0.25, 0.3) is 0 Å². The Kier molecular flexibility index (Phi) is 6.88. The number of nitrogens with one attached hydrogen (secondary N) is 1. The Morgan fingerprint density at radius 3 is 2.55 bits per heavy atom. The van der Waals surface area contributed by atoms with E-state index >= 15 is 0 Å². The second kappa shape index (κ2) is 7.97. The monoisotopic (exact) mass is 328 g/mol. The van der Waals surface area contributed by atoms with E-state index in [0.29, 0.717) is 24.8 Å². The molecule has 0 spiro atoms. The van der Waals surface area contributed by atoms with Crippen molar-refractivity contribution in [1.29, 1.82) is 0 Å². The molecule has 3 N–H and O–H groups in total. The number of aromatic nitrogens is 2. The van der Waals surface area contributed by atoms with Gasteiger partial charge in [-0.2, -0.15) is 5.10 Å². The van der Waals surface area contributed by atoms with E-state index in [0.717, 1.165) is 23.5 Å². The number of hydrogen-bond acceptors (Lipinski definition) is 3. The van der Waals surface area contributed by atoms with E-state index in [1.165, 1.54) is 12.8 Å². The largest absolute Gasteiger partial charge is 0.352 e. The van der Waals surface area contributed by atoms with Gasteiger partial charge in [0.2, 0.25) is 5.91 Å². The number of nitrogens with zero attached hydrogens (tertiary/aromatic N) is 2. The van der Waals surface area contributed by atoms with Gasteiger partial charge in [0, 0.05) is 30.4 Å². The topological polar surface area (TPSA) is 72.9 Å². The maximum atomic E-state index is 12.2. The second-order valence-electron chi connectivity index (χ2n) is 6.65. The van der Waals surface area contributed by atoms with Crippen LogP contribution in [-0.4, -0.2) is 28.3 Å². The van der Waals surface area contributed by atoms with Crippen LogP contribution in [0.4, 0.5) is 0 Å². The van der Waals surface area contributed by atoms with Gasteiger partial charge in [-0.3, -0.25) is 9.48 Å². The molecule has 0 bridgehead atoms. The lowest BCUT2D eigenvalue weighted by Crippen LogP contribution is -2.42. The summed E-state index contributed by atoms with van der Waals surface area (Å²) in [5, 5.41) is 7.64. The SMILES string of the molecule is Cc1nn(CC(C)C)c(C)c1CC(=O)NC(CN)C1CC1.Cl. The van der Waals surface area contributed by atoms with Gasteiger partial charge in [0.1, 0.15) is 0 Å². The summed E-state index contributed by atoms with van der Waals surface area (Å²) in [5.74, 6) is 1.19. The summed E-state index contributed by atoms with van der Waals surface area (Å²) in [6.07, 6.45) is 2.78. The summed E-state index contributed by atoms with van der Waals surface area (Å²) in [4.78, 5) is 12.2. The van der Waals surface area contributed by atoms with Crippen molar-refractivity contribution < 1.29 is 4.79 Å². The Morgan fingerprint density at radius 2 is 2.05 bits per heavy atom. The molecule has 1 heterocycles. The highest BCUT2D eigenvalue weighted by atomic mass is 35.5. The molecule has 1 saturated carbocycles. The van der Waals surface area contributed by atoms with Crippen LogP contribution in [0.2, 0.25) is 0 Å². The Balaban J connectivity index is 0.00000242. The van der Waals surface area contributed by atoms with Crippen molar-refractivity contribution in [2.45, 2.75) is 59.5 Å². The van der Waals surface area contributed by atoms with Crippen molar-refractivity contribution in [3.8, 4) is 0 Å². The summed E-state index contributed by atoms with van der Waals surface area (Å²) in [6.45, 7) is 9.79. The molecular formula is C16H29ClN4O. The highest BCUT2D eigenvalue weighted by Crippen LogP contribution is 2.32. The molecule has 0 saturated heterocycles. The summed E-state index contributed by atoms with van der Waals surface area (Å²) in [5.41, 5.74) is 8.86. The molecule has 1 atom stereocenters. The standard InChI is InChI=1S/C16H28N4O.ClH/c1-10(2)9-20-12(4)14(11(3)19-20)7-16(21)18-15(8-17)13-5-6-13;/h10,13,15H,5-9,17H2,1-4H3,(H,18,21);1H. The predicted molar refractivity (Wildman–Crippen MR) is 91.2 cm³/mol. The third-order valence-corrected chi connectivity index (χ3v) is 4.20. The van der Waals surface area contributed by atoms with Crippen molar-refractivity contribution in [3.05, 3.63) is 17.0 Å². The number of carbonyl (C=O) groups is 1. The van der Waals surface area contributed by atoms with Crippen molar-refractivity contribution >= 4 is 18.3 Å². The molecule has 0 aromatic carbocycles. The van der Waals surface area contributed by atoms with Crippen molar-refractivity contribution in [3.63, 3.8) is 0 Å². The Labute approximate surface area is 139 Å². The van der Waals surface area contributed by atoms with E-state index in [4.69, 9.17) is 5.73 Å². The third kappa shape index (κ3) is 4.71. The van der Waals surface area contributed by atoms with Crippen LogP contribution in [0, 0.1) is 25.7 Å². The van der Waals surface area contributed by atoms with Crippen LogP contribution in [0.5, 0.6) is 0 Å². The highest BCUT2D eigenvalue weighted by Gasteiger charge is 2.31. The van der Waals surface area contributed by atoms with Crippen LogP contribution in [0.15, 0.2) is 0 Å². The number of hydrogen-bond donors (Lipinski definition) is 2. The van der Waals surface area contributed by atoms with Crippen molar-refractivity contribution in [2.24, 2.45) is 17.6 Å². The maximum absolute atomic E-state index is 12.2. The molecule has 1 aliphatic rings. The first-order valence-electron chi connectivity index (χ1n) is 7.94. The molecule has 0 aliphatic heterocycles. The number of nitrogens with two attached hydrogens (primary N) is 1. The summed E-state index contributed by atoms with van der Waals surface area (Å²) >= 11 is 0. The van der Waals surface area contributed by atoms with E-state index in [2.05, 4.69) is 24.3 Å². The molecule has 1 aliphatic carbocycles. The first kappa shape index (κ1) is 19.0. The molecule has 1 amide bonds. The summed E-state index contributed by atoms with van der Waals surface area (Å²) in [7, 11) is 0. The lowest BCUT2D eigenvalue weighted by molar-refractivity contribution is -0.121.